The summed E-state index contributed by atoms with van der Waals surface area (Å²) < 4.78 is 38.6. The molecular formula is C18H22F3NOS. The average Bonchev–Trinajstić information content (AvgIpc) is 2.94. The van der Waals surface area contributed by atoms with Crippen LogP contribution in [0.2, 0.25) is 0 Å². The van der Waals surface area contributed by atoms with Gasteiger partial charge in [-0.1, -0.05) is 45.4 Å². The summed E-state index contributed by atoms with van der Waals surface area (Å²) in [5.41, 5.74) is 0.537. The Morgan fingerprint density at radius 2 is 1.88 bits per heavy atom. The Bertz CT molecular complexity index is 675. The molecule has 1 heterocycles. The number of allylic oxidation sites excluding steroid dienone is 1. The van der Waals surface area contributed by atoms with E-state index in [9.17, 15) is 13.2 Å². The molecule has 2 rings (SSSR count). The molecule has 0 spiro atoms. The van der Waals surface area contributed by atoms with Crippen LogP contribution in [0.4, 0.5) is 13.2 Å². The summed E-state index contributed by atoms with van der Waals surface area (Å²) in [6.45, 7) is 9.15. The molecule has 6 heteroatoms. The Hall–Kier alpha value is -1.82. The monoisotopic (exact) mass is 357 g/mol. The summed E-state index contributed by atoms with van der Waals surface area (Å²) in [7, 11) is 0. The first-order valence-corrected chi connectivity index (χ1v) is 8.56. The minimum Gasteiger partial charge on any atom is -0.513 e. The summed E-state index contributed by atoms with van der Waals surface area (Å²) in [6, 6.07) is 4.15. The Labute approximate surface area is 144 Å². The topological polar surface area (TPSA) is 33.1 Å². The Morgan fingerprint density at radius 3 is 2.38 bits per heavy atom. The number of unbranched alkanes of at least 4 members (excludes halogenated alkanes) is 1. The lowest BCUT2D eigenvalue weighted by Gasteiger charge is -2.11. The van der Waals surface area contributed by atoms with Gasteiger partial charge in [0.2, 0.25) is 0 Å². The van der Waals surface area contributed by atoms with Crippen molar-refractivity contribution in [2.75, 3.05) is 0 Å². The molecule has 1 aromatic heterocycles. The molecule has 0 saturated heterocycles. The van der Waals surface area contributed by atoms with Gasteiger partial charge in [-0.05, 0) is 18.6 Å². The van der Waals surface area contributed by atoms with E-state index < -0.39 is 11.7 Å². The molecule has 0 aliphatic heterocycles. The second-order valence-electron chi connectivity index (χ2n) is 5.41. The van der Waals surface area contributed by atoms with Crippen LogP contribution in [0.25, 0.3) is 10.6 Å². The van der Waals surface area contributed by atoms with E-state index in [2.05, 4.69) is 25.4 Å². The van der Waals surface area contributed by atoms with Crippen LogP contribution in [0.1, 0.15) is 43.5 Å². The molecular weight excluding hydrogens is 335 g/mol. The summed E-state index contributed by atoms with van der Waals surface area (Å²) >= 11 is 1.24. The second kappa shape index (κ2) is 8.87. The quantitative estimate of drug-likeness (QED) is 0.629. The van der Waals surface area contributed by atoms with Gasteiger partial charge in [-0.25, -0.2) is 4.98 Å². The fraction of sp³-hybridized carbons (Fsp3) is 0.389. The minimum atomic E-state index is -4.38. The molecule has 0 unspecified atom stereocenters. The molecule has 24 heavy (non-hydrogen) atoms. The molecule has 0 bridgehead atoms. The van der Waals surface area contributed by atoms with Crippen molar-refractivity contribution in [1.29, 1.82) is 0 Å². The number of rotatable bonds is 4. The predicted octanol–water partition coefficient (Wildman–Crippen LogP) is 6.56. The molecule has 0 aliphatic carbocycles. The van der Waals surface area contributed by atoms with Crippen molar-refractivity contribution in [3.05, 3.63) is 52.7 Å². The third-order valence-electron chi connectivity index (χ3n) is 3.23. The van der Waals surface area contributed by atoms with Crippen LogP contribution in [-0.2, 0) is 12.6 Å². The number of aryl methyl sites for hydroxylation is 1. The van der Waals surface area contributed by atoms with Gasteiger partial charge in [0.1, 0.15) is 5.01 Å². The lowest BCUT2D eigenvalue weighted by atomic mass is 10.0. The van der Waals surface area contributed by atoms with E-state index in [0.29, 0.717) is 16.3 Å². The normalized spacial score (nSPS) is 10.9. The van der Waals surface area contributed by atoms with E-state index in [4.69, 9.17) is 5.11 Å². The highest BCUT2D eigenvalue weighted by atomic mass is 32.1. The van der Waals surface area contributed by atoms with E-state index >= 15 is 0 Å². The van der Waals surface area contributed by atoms with Crippen LogP contribution >= 0.6 is 11.3 Å². The van der Waals surface area contributed by atoms with Crippen LogP contribution in [0.15, 0.2) is 35.9 Å². The van der Waals surface area contributed by atoms with Crippen molar-refractivity contribution in [3.8, 4) is 10.6 Å². The Morgan fingerprint density at radius 1 is 1.25 bits per heavy atom. The van der Waals surface area contributed by atoms with Gasteiger partial charge in [-0.15, -0.1) is 11.3 Å². The fourth-order valence-electron chi connectivity index (χ4n) is 1.79. The van der Waals surface area contributed by atoms with Crippen molar-refractivity contribution >= 4 is 11.3 Å². The van der Waals surface area contributed by atoms with Gasteiger partial charge in [0.15, 0.2) is 0 Å². The van der Waals surface area contributed by atoms with Crippen LogP contribution < -0.4 is 0 Å². The molecule has 1 N–H and O–H groups in total. The zero-order valence-corrected chi connectivity index (χ0v) is 14.9. The van der Waals surface area contributed by atoms with Crippen molar-refractivity contribution in [2.45, 2.75) is 46.2 Å². The number of aromatic nitrogens is 1. The van der Waals surface area contributed by atoms with E-state index in [0.717, 1.165) is 6.07 Å². The van der Waals surface area contributed by atoms with Gasteiger partial charge in [-0.3, -0.25) is 0 Å². The second-order valence-corrected chi connectivity index (χ2v) is 6.27. The predicted molar refractivity (Wildman–Crippen MR) is 93.3 cm³/mol. The lowest BCUT2D eigenvalue weighted by molar-refractivity contribution is -0.138. The summed E-state index contributed by atoms with van der Waals surface area (Å²) in [6.07, 6.45) is -1.53. The Balaban J connectivity index is 0.000000648. The van der Waals surface area contributed by atoms with Crippen LogP contribution in [-0.4, -0.2) is 10.1 Å². The van der Waals surface area contributed by atoms with Gasteiger partial charge < -0.3 is 5.11 Å². The Kier molecular flexibility index (Phi) is 7.48. The molecule has 2 nitrogen and oxygen atoms in total. The molecule has 2 aromatic rings. The van der Waals surface area contributed by atoms with Crippen LogP contribution in [0, 0.1) is 6.92 Å². The number of hydrogen-bond donors (Lipinski definition) is 1. The first kappa shape index (κ1) is 20.2. The SMILES string of the molecule is C=C(O)Cc1csc(-c2ccc(C)c(C(F)(F)F)c2)n1.CCCC. The molecule has 0 fully saturated rings. The molecule has 0 atom stereocenters. The number of nitrogens with zero attached hydrogens (tertiary/aromatic N) is 1. The molecule has 0 radical (unpaired) electrons. The largest absolute Gasteiger partial charge is 0.513 e. The van der Waals surface area contributed by atoms with E-state index in [1.165, 1.54) is 37.2 Å². The summed E-state index contributed by atoms with van der Waals surface area (Å²) in [5.74, 6) is -0.0262. The number of thiazole rings is 1. The van der Waals surface area contributed by atoms with E-state index in [1.807, 2.05) is 0 Å². The number of benzene rings is 1. The highest BCUT2D eigenvalue weighted by Crippen LogP contribution is 2.35. The third kappa shape index (κ3) is 6.00. The zero-order valence-electron chi connectivity index (χ0n) is 14.1. The minimum absolute atomic E-state index is 0.0262. The average molecular weight is 357 g/mol. The van der Waals surface area contributed by atoms with Gasteiger partial charge in [0.05, 0.1) is 17.0 Å². The van der Waals surface area contributed by atoms with E-state index in [-0.39, 0.29) is 17.7 Å². The molecule has 132 valence electrons. The maximum Gasteiger partial charge on any atom is 0.416 e. The van der Waals surface area contributed by atoms with Crippen molar-refractivity contribution in [3.63, 3.8) is 0 Å². The highest BCUT2D eigenvalue weighted by molar-refractivity contribution is 7.13. The lowest BCUT2D eigenvalue weighted by Crippen LogP contribution is -2.07. The molecule has 1 aromatic carbocycles. The molecule has 0 amide bonds. The van der Waals surface area contributed by atoms with Gasteiger partial charge in [0.25, 0.3) is 0 Å². The van der Waals surface area contributed by atoms with Crippen molar-refractivity contribution < 1.29 is 18.3 Å². The molecule has 0 saturated carbocycles. The van der Waals surface area contributed by atoms with Crippen molar-refractivity contribution in [2.24, 2.45) is 0 Å². The first-order chi connectivity index (χ1) is 11.2. The standard InChI is InChI=1S/C14H12F3NOS.C4H10/c1-8-3-4-10(6-12(8)14(15,16)17)13-18-11(7-20-13)5-9(2)19;1-3-4-2/h3-4,6-7,19H,2,5H2,1H3;3-4H2,1-2H3. The maximum absolute atomic E-state index is 12.9. The maximum atomic E-state index is 12.9. The summed E-state index contributed by atoms with van der Waals surface area (Å²) in [5, 5.41) is 11.3. The number of aliphatic hydroxyl groups is 1. The van der Waals surface area contributed by atoms with Gasteiger partial charge in [-0.2, -0.15) is 13.2 Å². The molecule has 0 aliphatic rings. The number of halogens is 3. The van der Waals surface area contributed by atoms with Gasteiger partial charge >= 0.3 is 6.18 Å². The van der Waals surface area contributed by atoms with Crippen LogP contribution in [0.3, 0.4) is 0 Å². The fourth-order valence-corrected chi connectivity index (χ4v) is 2.61. The van der Waals surface area contributed by atoms with Gasteiger partial charge in [0, 0.05) is 17.4 Å². The highest BCUT2D eigenvalue weighted by Gasteiger charge is 2.32. The smallest absolute Gasteiger partial charge is 0.416 e. The van der Waals surface area contributed by atoms with Crippen LogP contribution in [0.5, 0.6) is 0 Å². The number of alkyl halides is 3. The summed E-state index contributed by atoms with van der Waals surface area (Å²) in [4.78, 5) is 4.20. The zero-order chi connectivity index (χ0) is 18.3. The first-order valence-electron chi connectivity index (χ1n) is 7.68. The van der Waals surface area contributed by atoms with E-state index in [1.54, 1.807) is 11.4 Å². The van der Waals surface area contributed by atoms with Crippen molar-refractivity contribution in [1.82, 2.24) is 4.98 Å². The number of hydrogen-bond acceptors (Lipinski definition) is 3. The number of aliphatic hydroxyl groups excluding tert-OH is 1. The third-order valence-corrected chi connectivity index (χ3v) is 4.17.